The van der Waals surface area contributed by atoms with Crippen molar-refractivity contribution in [3.63, 3.8) is 0 Å². The first-order valence-electron chi connectivity index (χ1n) is 5.68. The highest BCUT2D eigenvalue weighted by Gasteiger charge is 2.02. The van der Waals surface area contributed by atoms with Crippen LogP contribution in [-0.4, -0.2) is 4.98 Å². The minimum atomic E-state index is 0.799. The second kappa shape index (κ2) is 3.67. The molecule has 1 heterocycles. The molecule has 2 aromatic carbocycles. The quantitative estimate of drug-likeness (QED) is 0.605. The predicted molar refractivity (Wildman–Crippen MR) is 72.9 cm³/mol. The number of benzene rings is 2. The zero-order valence-electron chi connectivity index (χ0n) is 9.70. The lowest BCUT2D eigenvalue weighted by atomic mass is 10.0. The normalized spacial score (nSPS) is 10.9. The highest BCUT2D eigenvalue weighted by Crippen LogP contribution is 2.26. The van der Waals surface area contributed by atoms with Gasteiger partial charge in [0, 0.05) is 22.8 Å². The molecule has 3 aromatic rings. The summed E-state index contributed by atoms with van der Waals surface area (Å²) in [6, 6.07) is 14.4. The van der Waals surface area contributed by atoms with Gasteiger partial charge in [0.15, 0.2) is 0 Å². The van der Waals surface area contributed by atoms with Crippen molar-refractivity contribution in [3.05, 3.63) is 54.2 Å². The van der Waals surface area contributed by atoms with Crippen molar-refractivity contribution in [2.45, 2.75) is 6.92 Å². The number of nitrogens with two attached hydrogens (primary N) is 1. The number of aryl methyl sites for hydroxylation is 1. The van der Waals surface area contributed by atoms with E-state index < -0.39 is 0 Å². The van der Waals surface area contributed by atoms with E-state index in [2.05, 4.69) is 42.2 Å². The van der Waals surface area contributed by atoms with Gasteiger partial charge in [-0.3, -0.25) is 0 Å². The van der Waals surface area contributed by atoms with E-state index >= 15 is 0 Å². The number of aromatic nitrogens is 1. The number of hydrogen-bond acceptors (Lipinski definition) is 1. The second-order valence-corrected chi connectivity index (χ2v) is 4.35. The Morgan fingerprint density at radius 3 is 2.41 bits per heavy atom. The standard InChI is InChI=1S/C15H14N2/c1-10-9-17-15-7-4-12(8-14(10)15)11-2-5-13(16)6-3-11/h2-9,17H,16H2,1H3. The van der Waals surface area contributed by atoms with Crippen molar-refractivity contribution in [3.8, 4) is 11.1 Å². The van der Waals surface area contributed by atoms with Crippen molar-refractivity contribution >= 4 is 16.6 Å². The van der Waals surface area contributed by atoms with Crippen LogP contribution >= 0.6 is 0 Å². The molecule has 0 saturated heterocycles. The van der Waals surface area contributed by atoms with Crippen LogP contribution in [0.5, 0.6) is 0 Å². The third kappa shape index (κ3) is 1.68. The van der Waals surface area contributed by atoms with E-state index in [0.717, 1.165) is 5.69 Å². The number of H-pyrrole nitrogens is 1. The molecule has 0 aliphatic carbocycles. The third-order valence-electron chi connectivity index (χ3n) is 3.13. The van der Waals surface area contributed by atoms with Crippen LogP contribution in [0.1, 0.15) is 5.56 Å². The van der Waals surface area contributed by atoms with Crippen LogP contribution in [0, 0.1) is 6.92 Å². The number of hydrogen-bond donors (Lipinski definition) is 2. The molecule has 0 saturated carbocycles. The first kappa shape index (κ1) is 9.97. The van der Waals surface area contributed by atoms with Crippen LogP contribution in [0.15, 0.2) is 48.7 Å². The SMILES string of the molecule is Cc1c[nH]c2ccc(-c3ccc(N)cc3)cc12. The van der Waals surface area contributed by atoms with Crippen molar-refractivity contribution in [2.75, 3.05) is 5.73 Å². The first-order valence-corrected chi connectivity index (χ1v) is 5.68. The molecule has 0 bridgehead atoms. The summed E-state index contributed by atoms with van der Waals surface area (Å²) in [6.07, 6.45) is 2.04. The van der Waals surface area contributed by atoms with E-state index in [1.165, 1.54) is 27.6 Å². The third-order valence-corrected chi connectivity index (χ3v) is 3.13. The van der Waals surface area contributed by atoms with Gasteiger partial charge in [-0.1, -0.05) is 18.2 Å². The van der Waals surface area contributed by atoms with E-state index in [0.29, 0.717) is 0 Å². The largest absolute Gasteiger partial charge is 0.399 e. The first-order chi connectivity index (χ1) is 8.24. The zero-order chi connectivity index (χ0) is 11.8. The maximum atomic E-state index is 5.70. The molecule has 0 aliphatic heterocycles. The van der Waals surface area contributed by atoms with Crippen LogP contribution in [0.25, 0.3) is 22.0 Å². The topological polar surface area (TPSA) is 41.8 Å². The molecule has 0 unspecified atom stereocenters. The Morgan fingerprint density at radius 2 is 1.65 bits per heavy atom. The van der Waals surface area contributed by atoms with E-state index in [4.69, 9.17) is 5.73 Å². The summed E-state index contributed by atoms with van der Waals surface area (Å²) in [5.74, 6) is 0. The average molecular weight is 222 g/mol. The van der Waals surface area contributed by atoms with Crippen LogP contribution in [0.3, 0.4) is 0 Å². The number of fused-ring (bicyclic) bond motifs is 1. The molecule has 3 rings (SSSR count). The van der Waals surface area contributed by atoms with E-state index in [1.54, 1.807) is 0 Å². The van der Waals surface area contributed by atoms with Crippen molar-refractivity contribution in [1.82, 2.24) is 4.98 Å². The Hall–Kier alpha value is -2.22. The van der Waals surface area contributed by atoms with E-state index in [9.17, 15) is 0 Å². The molecule has 2 heteroatoms. The molecule has 2 nitrogen and oxygen atoms in total. The maximum Gasteiger partial charge on any atom is 0.0457 e. The molecule has 1 aromatic heterocycles. The number of rotatable bonds is 1. The molecular formula is C15H14N2. The van der Waals surface area contributed by atoms with Gasteiger partial charge in [0.25, 0.3) is 0 Å². The maximum absolute atomic E-state index is 5.70. The summed E-state index contributed by atoms with van der Waals surface area (Å²) < 4.78 is 0. The molecule has 84 valence electrons. The molecular weight excluding hydrogens is 208 g/mol. The van der Waals surface area contributed by atoms with Gasteiger partial charge in [-0.25, -0.2) is 0 Å². The summed E-state index contributed by atoms with van der Waals surface area (Å²) in [7, 11) is 0. The number of aromatic amines is 1. The molecule has 0 fully saturated rings. The minimum absolute atomic E-state index is 0.799. The Balaban J connectivity index is 2.17. The van der Waals surface area contributed by atoms with Gasteiger partial charge in [-0.2, -0.15) is 0 Å². The van der Waals surface area contributed by atoms with Gasteiger partial charge in [-0.05, 0) is 47.9 Å². The number of nitrogen functional groups attached to an aromatic ring is 1. The fourth-order valence-electron chi connectivity index (χ4n) is 2.12. The van der Waals surface area contributed by atoms with Gasteiger partial charge in [-0.15, -0.1) is 0 Å². The molecule has 0 spiro atoms. The average Bonchev–Trinajstić information content (AvgIpc) is 2.72. The lowest BCUT2D eigenvalue weighted by molar-refractivity contribution is 1.43. The second-order valence-electron chi connectivity index (χ2n) is 4.35. The summed E-state index contributed by atoms with van der Waals surface area (Å²) >= 11 is 0. The van der Waals surface area contributed by atoms with Gasteiger partial charge in [0.2, 0.25) is 0 Å². The number of anilines is 1. The minimum Gasteiger partial charge on any atom is -0.399 e. The molecule has 0 atom stereocenters. The monoisotopic (exact) mass is 222 g/mol. The fourth-order valence-corrected chi connectivity index (χ4v) is 2.12. The van der Waals surface area contributed by atoms with Crippen LogP contribution < -0.4 is 5.73 Å². The highest BCUT2D eigenvalue weighted by molar-refractivity contribution is 5.87. The summed E-state index contributed by atoms with van der Waals surface area (Å²) in [5, 5.41) is 1.28. The van der Waals surface area contributed by atoms with Crippen molar-refractivity contribution in [1.29, 1.82) is 0 Å². The Bertz CT molecular complexity index is 663. The summed E-state index contributed by atoms with van der Waals surface area (Å²) in [5.41, 5.74) is 11.4. The van der Waals surface area contributed by atoms with Gasteiger partial charge >= 0.3 is 0 Å². The highest BCUT2D eigenvalue weighted by atomic mass is 14.7. The summed E-state index contributed by atoms with van der Waals surface area (Å²) in [4.78, 5) is 3.26. The molecule has 3 N–H and O–H groups in total. The van der Waals surface area contributed by atoms with E-state index in [-0.39, 0.29) is 0 Å². The lowest BCUT2D eigenvalue weighted by Crippen LogP contribution is -1.84. The van der Waals surface area contributed by atoms with Crippen LogP contribution in [0.4, 0.5) is 5.69 Å². The number of nitrogens with one attached hydrogen (secondary N) is 1. The predicted octanol–water partition coefficient (Wildman–Crippen LogP) is 3.73. The van der Waals surface area contributed by atoms with Gasteiger partial charge < -0.3 is 10.7 Å². The van der Waals surface area contributed by atoms with Crippen molar-refractivity contribution < 1.29 is 0 Å². The molecule has 17 heavy (non-hydrogen) atoms. The zero-order valence-corrected chi connectivity index (χ0v) is 9.70. The van der Waals surface area contributed by atoms with Gasteiger partial charge in [0.05, 0.1) is 0 Å². The fraction of sp³-hybridized carbons (Fsp3) is 0.0667. The Kier molecular flexibility index (Phi) is 2.15. The van der Waals surface area contributed by atoms with Crippen molar-refractivity contribution in [2.24, 2.45) is 0 Å². The van der Waals surface area contributed by atoms with E-state index in [1.807, 2.05) is 18.3 Å². The molecule has 0 radical (unpaired) electrons. The lowest BCUT2D eigenvalue weighted by Gasteiger charge is -2.03. The molecule has 0 aliphatic rings. The van der Waals surface area contributed by atoms with Crippen LogP contribution in [0.2, 0.25) is 0 Å². The van der Waals surface area contributed by atoms with Crippen LogP contribution in [-0.2, 0) is 0 Å². The Morgan fingerprint density at radius 1 is 0.941 bits per heavy atom. The van der Waals surface area contributed by atoms with Gasteiger partial charge in [0.1, 0.15) is 0 Å². The molecule has 0 amide bonds. The summed E-state index contributed by atoms with van der Waals surface area (Å²) in [6.45, 7) is 2.12. The smallest absolute Gasteiger partial charge is 0.0457 e. The Labute approximate surface area is 100 Å².